The molecule has 1 aliphatic rings. The first kappa shape index (κ1) is 18.2. The van der Waals surface area contributed by atoms with Gasteiger partial charge >= 0.3 is 0 Å². The van der Waals surface area contributed by atoms with Gasteiger partial charge in [0.15, 0.2) is 0 Å². The van der Waals surface area contributed by atoms with Gasteiger partial charge in [0.05, 0.1) is 20.3 Å². The number of nitrogens with one attached hydrogen (secondary N) is 2. The van der Waals surface area contributed by atoms with Crippen molar-refractivity contribution in [2.75, 3.05) is 46.5 Å². The van der Waals surface area contributed by atoms with Crippen molar-refractivity contribution in [1.29, 1.82) is 0 Å². The summed E-state index contributed by atoms with van der Waals surface area (Å²) in [6, 6.07) is 7.42. The van der Waals surface area contributed by atoms with Crippen LogP contribution in [0.25, 0.3) is 0 Å². The number of hydrogen-bond acceptors (Lipinski definition) is 5. The lowest BCUT2D eigenvalue weighted by Gasteiger charge is -2.26. The van der Waals surface area contributed by atoms with Crippen LogP contribution in [0.2, 0.25) is 0 Å². The Morgan fingerprint density at radius 1 is 1.12 bits per heavy atom. The van der Waals surface area contributed by atoms with Crippen molar-refractivity contribution in [2.24, 2.45) is 0 Å². The van der Waals surface area contributed by atoms with Crippen molar-refractivity contribution in [3.63, 3.8) is 0 Å². The second-order valence-corrected chi connectivity index (χ2v) is 5.61. The van der Waals surface area contributed by atoms with E-state index in [-0.39, 0.29) is 18.2 Å². The molecule has 7 heteroatoms. The lowest BCUT2D eigenvalue weighted by Crippen LogP contribution is -2.42. The Hall–Kier alpha value is -2.12. The van der Waals surface area contributed by atoms with Crippen LogP contribution in [0.3, 0.4) is 0 Å². The summed E-state index contributed by atoms with van der Waals surface area (Å²) in [4.78, 5) is 25.8. The van der Waals surface area contributed by atoms with Gasteiger partial charge in [-0.05, 0) is 17.7 Å². The van der Waals surface area contributed by atoms with Crippen LogP contribution in [-0.2, 0) is 20.9 Å². The summed E-state index contributed by atoms with van der Waals surface area (Å²) in [6.07, 6.45) is -0.154. The van der Waals surface area contributed by atoms with E-state index in [0.29, 0.717) is 13.1 Å². The highest BCUT2D eigenvalue weighted by Gasteiger charge is 2.12. The minimum atomic E-state index is -0.283. The number of nitrogens with zero attached hydrogens (tertiary/aromatic N) is 1. The van der Waals surface area contributed by atoms with Crippen LogP contribution in [0.4, 0.5) is 0 Å². The largest absolute Gasteiger partial charge is 0.497 e. The van der Waals surface area contributed by atoms with Crippen molar-refractivity contribution in [3.8, 4) is 5.75 Å². The third kappa shape index (κ3) is 6.55. The van der Waals surface area contributed by atoms with Gasteiger partial charge in [-0.1, -0.05) is 12.1 Å². The van der Waals surface area contributed by atoms with Crippen LogP contribution in [0.1, 0.15) is 12.0 Å². The van der Waals surface area contributed by atoms with Gasteiger partial charge in [-0.2, -0.15) is 0 Å². The van der Waals surface area contributed by atoms with E-state index < -0.39 is 0 Å². The lowest BCUT2D eigenvalue weighted by atomic mass is 10.2. The van der Waals surface area contributed by atoms with E-state index >= 15 is 0 Å². The molecule has 0 saturated carbocycles. The maximum Gasteiger partial charge on any atom is 0.229 e. The van der Waals surface area contributed by atoms with Gasteiger partial charge in [0.25, 0.3) is 0 Å². The van der Waals surface area contributed by atoms with Crippen LogP contribution in [0, 0.1) is 0 Å². The van der Waals surface area contributed by atoms with Crippen molar-refractivity contribution in [3.05, 3.63) is 29.8 Å². The molecule has 1 aromatic rings. The molecule has 1 saturated heterocycles. The first-order valence-corrected chi connectivity index (χ1v) is 8.14. The molecular formula is C17H25N3O4. The molecule has 0 aliphatic carbocycles. The number of carbonyl (C=O) groups is 2. The Morgan fingerprint density at radius 2 is 1.79 bits per heavy atom. The van der Waals surface area contributed by atoms with Gasteiger partial charge in [-0.15, -0.1) is 0 Å². The van der Waals surface area contributed by atoms with Crippen LogP contribution in [0.15, 0.2) is 24.3 Å². The predicted octanol–water partition coefficient (Wildman–Crippen LogP) is 0.150. The second kappa shape index (κ2) is 9.89. The molecule has 0 atom stereocenters. The molecule has 1 fully saturated rings. The third-order valence-corrected chi connectivity index (χ3v) is 3.82. The fourth-order valence-electron chi connectivity index (χ4n) is 2.39. The maximum atomic E-state index is 11.8. The standard InChI is InChI=1S/C17H25N3O4/c1-23-15-4-2-14(3-5-15)13-19-17(22)12-16(21)18-6-7-20-8-10-24-11-9-20/h2-5H,6-13H2,1H3,(H,18,21)(H,19,22). The molecule has 2 amide bonds. The summed E-state index contributed by atoms with van der Waals surface area (Å²) in [5.74, 6) is 0.231. The summed E-state index contributed by atoms with van der Waals surface area (Å²) in [6.45, 7) is 4.97. The molecule has 0 unspecified atom stereocenters. The van der Waals surface area contributed by atoms with Gasteiger partial charge in [-0.25, -0.2) is 0 Å². The smallest absolute Gasteiger partial charge is 0.229 e. The highest BCUT2D eigenvalue weighted by atomic mass is 16.5. The Morgan fingerprint density at radius 3 is 2.46 bits per heavy atom. The van der Waals surface area contributed by atoms with Crippen molar-refractivity contribution < 1.29 is 19.1 Å². The van der Waals surface area contributed by atoms with Gasteiger partial charge in [0, 0.05) is 32.7 Å². The fourth-order valence-corrected chi connectivity index (χ4v) is 2.39. The van der Waals surface area contributed by atoms with Crippen LogP contribution >= 0.6 is 0 Å². The zero-order valence-corrected chi connectivity index (χ0v) is 14.0. The minimum Gasteiger partial charge on any atom is -0.497 e. The monoisotopic (exact) mass is 335 g/mol. The molecule has 1 aliphatic heterocycles. The number of carbonyl (C=O) groups excluding carboxylic acids is 2. The van der Waals surface area contributed by atoms with E-state index in [1.54, 1.807) is 7.11 Å². The molecule has 2 rings (SSSR count). The highest BCUT2D eigenvalue weighted by molar-refractivity contribution is 5.96. The quantitative estimate of drug-likeness (QED) is 0.661. The summed E-state index contributed by atoms with van der Waals surface area (Å²) in [5, 5.41) is 5.51. The molecule has 132 valence electrons. The van der Waals surface area contributed by atoms with Crippen molar-refractivity contribution in [2.45, 2.75) is 13.0 Å². The zero-order valence-electron chi connectivity index (χ0n) is 14.0. The number of methoxy groups -OCH3 is 1. The maximum absolute atomic E-state index is 11.8. The number of rotatable bonds is 8. The topological polar surface area (TPSA) is 79.9 Å². The number of hydrogen-bond donors (Lipinski definition) is 2. The van der Waals surface area contributed by atoms with E-state index in [1.807, 2.05) is 24.3 Å². The minimum absolute atomic E-state index is 0.154. The average molecular weight is 335 g/mol. The molecule has 0 aromatic heterocycles. The van der Waals surface area contributed by atoms with Crippen molar-refractivity contribution in [1.82, 2.24) is 15.5 Å². The van der Waals surface area contributed by atoms with Gasteiger partial charge < -0.3 is 20.1 Å². The Bertz CT molecular complexity index is 527. The van der Waals surface area contributed by atoms with Crippen LogP contribution in [0.5, 0.6) is 5.75 Å². The molecule has 24 heavy (non-hydrogen) atoms. The van der Waals surface area contributed by atoms with E-state index in [1.165, 1.54) is 0 Å². The van der Waals surface area contributed by atoms with Gasteiger partial charge in [0.2, 0.25) is 11.8 Å². The molecule has 0 radical (unpaired) electrons. The molecule has 0 bridgehead atoms. The average Bonchev–Trinajstić information content (AvgIpc) is 2.61. The Labute approximate surface area is 142 Å². The highest BCUT2D eigenvalue weighted by Crippen LogP contribution is 2.10. The number of benzene rings is 1. The number of morpholine rings is 1. The Kier molecular flexibility index (Phi) is 7.51. The summed E-state index contributed by atoms with van der Waals surface area (Å²) >= 11 is 0. The van der Waals surface area contributed by atoms with Crippen molar-refractivity contribution >= 4 is 11.8 Å². The lowest BCUT2D eigenvalue weighted by molar-refractivity contribution is -0.129. The molecule has 1 heterocycles. The van der Waals surface area contributed by atoms with E-state index in [2.05, 4.69) is 15.5 Å². The fraction of sp³-hybridized carbons (Fsp3) is 0.529. The SMILES string of the molecule is COc1ccc(CNC(=O)CC(=O)NCCN2CCOCC2)cc1. The zero-order chi connectivity index (χ0) is 17.2. The summed E-state index contributed by atoms with van der Waals surface area (Å²) < 4.78 is 10.3. The number of amides is 2. The first-order chi connectivity index (χ1) is 11.7. The summed E-state index contributed by atoms with van der Waals surface area (Å²) in [7, 11) is 1.61. The van der Waals surface area contributed by atoms with Gasteiger partial charge in [-0.3, -0.25) is 14.5 Å². The van der Waals surface area contributed by atoms with E-state index in [4.69, 9.17) is 9.47 Å². The molecular weight excluding hydrogens is 310 g/mol. The number of ether oxygens (including phenoxy) is 2. The van der Waals surface area contributed by atoms with E-state index in [9.17, 15) is 9.59 Å². The Balaban J connectivity index is 1.59. The molecule has 1 aromatic carbocycles. The third-order valence-electron chi connectivity index (χ3n) is 3.82. The molecule has 2 N–H and O–H groups in total. The normalized spacial score (nSPS) is 14.9. The van der Waals surface area contributed by atoms with Crippen LogP contribution in [-0.4, -0.2) is 63.2 Å². The van der Waals surface area contributed by atoms with Gasteiger partial charge in [0.1, 0.15) is 12.2 Å². The first-order valence-electron chi connectivity index (χ1n) is 8.14. The molecule has 0 spiro atoms. The predicted molar refractivity (Wildman–Crippen MR) is 89.7 cm³/mol. The van der Waals surface area contributed by atoms with Crippen LogP contribution < -0.4 is 15.4 Å². The van der Waals surface area contributed by atoms with E-state index in [0.717, 1.165) is 44.2 Å². The summed E-state index contributed by atoms with van der Waals surface area (Å²) in [5.41, 5.74) is 0.955. The molecule has 7 nitrogen and oxygen atoms in total. The second-order valence-electron chi connectivity index (χ2n) is 5.61.